The van der Waals surface area contributed by atoms with Crippen LogP contribution in [0.5, 0.6) is 5.75 Å². The second-order valence-corrected chi connectivity index (χ2v) is 26.8. The van der Waals surface area contributed by atoms with E-state index in [-0.39, 0.29) is 85.7 Å². The number of anilines is 1. The molecule has 0 spiro atoms. The average molecular weight is 1310 g/mol. The average Bonchev–Trinajstić information content (AvgIpc) is 1.58. The number of amides is 5. The van der Waals surface area contributed by atoms with Gasteiger partial charge in [0.25, 0.3) is 5.91 Å². The second kappa shape index (κ2) is 32.7. The Labute approximate surface area is 551 Å². The van der Waals surface area contributed by atoms with Crippen molar-refractivity contribution in [1.29, 1.82) is 0 Å². The van der Waals surface area contributed by atoms with Crippen LogP contribution in [0.25, 0.3) is 10.9 Å². The Kier molecular flexibility index (Phi) is 26.3. The number of nitrogens with zero attached hydrogens (tertiary/aromatic N) is 3. The van der Waals surface area contributed by atoms with Gasteiger partial charge in [0.2, 0.25) is 11.8 Å². The summed E-state index contributed by atoms with van der Waals surface area (Å²) in [5, 5.41) is 18.1. The molecule has 3 aliphatic heterocycles. The molecule has 4 heterocycles. The second-order valence-electron chi connectivity index (χ2n) is 26.4. The maximum absolute atomic E-state index is 14.7. The molecule has 5 amide bonds. The Morgan fingerprint density at radius 3 is 2.38 bits per heavy atom. The highest BCUT2D eigenvalue weighted by Gasteiger charge is 2.64. The molecule has 23 heteroatoms. The number of carbonyl (C=O) groups is 9. The first-order valence-corrected chi connectivity index (χ1v) is 32.7. The van der Waals surface area contributed by atoms with Crippen molar-refractivity contribution in [1.82, 2.24) is 20.5 Å². The number of urea groups is 1. The first kappa shape index (κ1) is 74.8. The van der Waals surface area contributed by atoms with Crippen LogP contribution in [0.3, 0.4) is 0 Å². The van der Waals surface area contributed by atoms with Crippen molar-refractivity contribution < 1.29 is 76.7 Å². The SMILES string of the molecule is CCC(CC)C(=O)OC(C)(C)CCCCC(=O)C[C@H](C(=O)N[C@@H](CCCNC(N)=O)C(=O)Cc1ccc(C(=O)N(C)[C@@H](C)C(=O)O[C@H]2CC(=O)N(C)c3cc(cc(OC)c3Cl)C/C(C)=C/C=C/[C@@H](OC)[C@]3(O)CC(=O)O[C@@H](C3)[C@@H](C)[C@@H]3O[C@@]23C)c2cccnc12)C(C)C. The molecule has 10 atom stereocenters. The monoisotopic (exact) mass is 1310 g/mol. The minimum atomic E-state index is -1.67. The number of halogens is 1. The molecule has 93 heavy (non-hydrogen) atoms. The largest absolute Gasteiger partial charge is 0.495 e. The Morgan fingerprint density at radius 1 is 1.01 bits per heavy atom. The number of carbonyl (C=O) groups excluding carboxylic acids is 9. The lowest BCUT2D eigenvalue weighted by atomic mass is 9.78. The lowest BCUT2D eigenvalue weighted by Crippen LogP contribution is -2.53. The third-order valence-electron chi connectivity index (χ3n) is 18.6. The lowest BCUT2D eigenvalue weighted by Gasteiger charge is -2.41. The maximum Gasteiger partial charge on any atom is 0.328 e. The zero-order valence-electron chi connectivity index (χ0n) is 56.5. The minimum Gasteiger partial charge on any atom is -0.495 e. The van der Waals surface area contributed by atoms with Gasteiger partial charge in [0.1, 0.15) is 57.7 Å². The quantitative estimate of drug-likeness (QED) is 0.0239. The van der Waals surface area contributed by atoms with Crippen LogP contribution in [-0.2, 0) is 70.1 Å². The fraction of sp³-hybridized carbons (Fsp3) is 0.600. The molecular weight excluding hydrogens is 1220 g/mol. The van der Waals surface area contributed by atoms with Crippen molar-refractivity contribution in [2.45, 2.75) is 212 Å². The van der Waals surface area contributed by atoms with Crippen molar-refractivity contribution in [3.63, 3.8) is 0 Å². The number of hydrogen-bond acceptors (Lipinski definition) is 17. The molecule has 0 saturated carbocycles. The van der Waals surface area contributed by atoms with E-state index in [0.717, 1.165) is 11.1 Å². The van der Waals surface area contributed by atoms with E-state index in [1.807, 2.05) is 54.5 Å². The molecule has 4 bridgehead atoms. The summed E-state index contributed by atoms with van der Waals surface area (Å²) < 4.78 is 35.8. The fourth-order valence-corrected chi connectivity index (χ4v) is 12.8. The third kappa shape index (κ3) is 19.2. The van der Waals surface area contributed by atoms with Gasteiger partial charge in [0.05, 0.1) is 49.2 Å². The van der Waals surface area contributed by atoms with E-state index in [2.05, 4.69) is 15.6 Å². The first-order valence-electron chi connectivity index (χ1n) is 32.4. The van der Waals surface area contributed by atoms with Crippen LogP contribution in [0, 0.1) is 23.7 Å². The van der Waals surface area contributed by atoms with Gasteiger partial charge in [-0.2, -0.15) is 0 Å². The summed E-state index contributed by atoms with van der Waals surface area (Å²) in [5.74, 6) is -5.37. The van der Waals surface area contributed by atoms with Crippen molar-refractivity contribution in [2.75, 3.05) is 39.8 Å². The number of methoxy groups -OCH3 is 2. The van der Waals surface area contributed by atoms with E-state index in [1.165, 1.54) is 50.3 Å². The van der Waals surface area contributed by atoms with Crippen LogP contribution < -0.4 is 26.0 Å². The number of pyridine rings is 1. The highest BCUT2D eigenvalue weighted by Crippen LogP contribution is 2.50. The number of nitrogens with two attached hydrogens (primary N) is 1. The molecule has 3 aromatic rings. The van der Waals surface area contributed by atoms with Crippen molar-refractivity contribution in [3.05, 3.63) is 88.1 Å². The lowest BCUT2D eigenvalue weighted by molar-refractivity contribution is -0.187. The van der Waals surface area contributed by atoms with Crippen LogP contribution in [0.4, 0.5) is 10.5 Å². The number of hydrogen-bond donors (Lipinski definition) is 4. The van der Waals surface area contributed by atoms with Crippen LogP contribution in [0.2, 0.25) is 5.02 Å². The summed E-state index contributed by atoms with van der Waals surface area (Å²) in [4.78, 5) is 131. The molecule has 510 valence electrons. The Hall–Kier alpha value is -7.27. The number of unbranched alkanes of at least 4 members (excludes halogenated alkanes) is 1. The number of aliphatic hydroxyl groups is 1. The predicted molar refractivity (Wildman–Crippen MR) is 351 cm³/mol. The molecule has 3 aliphatic rings. The van der Waals surface area contributed by atoms with Gasteiger partial charge < -0.3 is 59.7 Å². The van der Waals surface area contributed by atoms with E-state index in [4.69, 9.17) is 45.8 Å². The van der Waals surface area contributed by atoms with Gasteiger partial charge in [-0.15, -0.1) is 0 Å². The number of benzene rings is 2. The number of esters is 3. The molecule has 1 aromatic heterocycles. The summed E-state index contributed by atoms with van der Waals surface area (Å²) >= 11 is 6.90. The van der Waals surface area contributed by atoms with E-state index in [0.29, 0.717) is 66.4 Å². The van der Waals surface area contributed by atoms with Crippen LogP contribution in [0.1, 0.15) is 168 Å². The zero-order chi connectivity index (χ0) is 68.9. The minimum absolute atomic E-state index is 0.0215. The van der Waals surface area contributed by atoms with Crippen LogP contribution in [0.15, 0.2) is 66.4 Å². The first-order chi connectivity index (χ1) is 43.8. The number of rotatable bonds is 27. The van der Waals surface area contributed by atoms with Gasteiger partial charge in [-0.3, -0.25) is 38.5 Å². The number of ketones is 2. The molecule has 2 fully saturated rings. The number of aromatic nitrogens is 1. The highest BCUT2D eigenvalue weighted by atomic mass is 35.5. The smallest absolute Gasteiger partial charge is 0.328 e. The van der Waals surface area contributed by atoms with E-state index in [9.17, 15) is 48.3 Å². The van der Waals surface area contributed by atoms with Gasteiger partial charge in [-0.1, -0.05) is 82.2 Å². The summed E-state index contributed by atoms with van der Waals surface area (Å²) in [6.45, 7) is 18.3. The highest BCUT2D eigenvalue weighted by molar-refractivity contribution is 6.35. The molecule has 0 radical (unpaired) electrons. The molecule has 0 unspecified atom stereocenters. The molecular formula is C70H97ClN6O16. The number of primary amides is 1. The van der Waals surface area contributed by atoms with Crippen molar-refractivity contribution in [3.8, 4) is 5.75 Å². The van der Waals surface area contributed by atoms with Gasteiger partial charge in [-0.05, 0) is 127 Å². The van der Waals surface area contributed by atoms with Gasteiger partial charge >= 0.3 is 23.9 Å². The number of likely N-dealkylation sites (N-methyl/N-ethyl adjacent to an activating group) is 1. The molecule has 6 rings (SSSR count). The summed E-state index contributed by atoms with van der Waals surface area (Å²) in [6, 6.07) is 6.85. The number of Topliss-reactive ketones (excluding diaryl/α,β-unsaturated/α-hetero) is 2. The van der Waals surface area contributed by atoms with Crippen LogP contribution in [-0.4, -0.2) is 156 Å². The van der Waals surface area contributed by atoms with E-state index in [1.54, 1.807) is 63.4 Å². The topological polar surface area (TPSA) is 302 Å². The summed E-state index contributed by atoms with van der Waals surface area (Å²) in [6.07, 6.45) is 5.97. The maximum atomic E-state index is 14.7. The van der Waals surface area contributed by atoms with Crippen molar-refractivity contribution in [2.24, 2.45) is 29.4 Å². The Morgan fingerprint density at radius 2 is 1.72 bits per heavy atom. The molecule has 22 nitrogen and oxygen atoms in total. The number of allylic oxidation sites excluding steroid dienone is 3. The number of fused-ring (bicyclic) bond motifs is 6. The van der Waals surface area contributed by atoms with Crippen molar-refractivity contribution >= 4 is 81.4 Å². The van der Waals surface area contributed by atoms with Gasteiger partial charge in [0.15, 0.2) is 5.78 Å². The number of ether oxygens (including phenoxy) is 6. The van der Waals surface area contributed by atoms with Gasteiger partial charge in [-0.25, -0.2) is 9.59 Å². The molecule has 0 aliphatic carbocycles. The van der Waals surface area contributed by atoms with E-state index < -0.39 is 113 Å². The predicted octanol–water partition coefficient (Wildman–Crippen LogP) is 9.22. The molecule has 5 N–H and O–H groups in total. The Balaban J connectivity index is 1.21. The molecule has 2 saturated heterocycles. The normalized spacial score (nSPS) is 23.7. The fourth-order valence-electron chi connectivity index (χ4n) is 12.5. The van der Waals surface area contributed by atoms with E-state index >= 15 is 0 Å². The summed E-state index contributed by atoms with van der Waals surface area (Å²) in [7, 11) is 5.88. The third-order valence-corrected chi connectivity index (χ3v) is 19.0. The van der Waals surface area contributed by atoms with Gasteiger partial charge in [0, 0.05) is 82.4 Å². The Bertz CT molecular complexity index is 3290. The standard InChI is InChI=1S/C70H97ClN6O16/c1-15-45(16-2)66(85)93-68(8,9)29-18-17-23-47(78)36-50(40(3)4)63(82)75-51(25-21-31-74-67(72)86)53(79)35-46-27-28-49(48-24-20-30-73-61(46)48)64(83)76(11)43(7)65(84)91-57-37-58(80)77(12)52-33-44(34-54(88-13)60(52)71)32-41(5)22-19-26-56(89-14)70(87)38-55(90-59(81)39-70)42(6)62-69(57,10)92-62/h19-20,22,24,26-28,30,33-34,40,42-43,45,50-51,55-57,62,87H,15-18,21,23,25,29,31-32,35-39H2,1-14H3,(H,75,82)(H3,72,74,86)/b26-19+,41-22+/t42-,43+,50+,51+,55+,56-,57+,62+,69+,70-/m1/s1. The van der Waals surface area contributed by atoms with Crippen LogP contribution >= 0.6 is 11.6 Å². The number of epoxide rings is 1. The summed E-state index contributed by atoms with van der Waals surface area (Å²) in [5.41, 5.74) is 4.45. The zero-order valence-corrected chi connectivity index (χ0v) is 57.3. The molecule has 2 aromatic carbocycles. The number of nitrogens with one attached hydrogen (secondary N) is 2.